The molecule has 6 heteroatoms. The van der Waals surface area contributed by atoms with Crippen molar-refractivity contribution in [3.05, 3.63) is 126 Å². The van der Waals surface area contributed by atoms with Gasteiger partial charge in [0.2, 0.25) is 0 Å². The molecule has 0 bridgehead atoms. The van der Waals surface area contributed by atoms with Gasteiger partial charge in [-0.25, -0.2) is 0 Å². The number of carbonyl (C=O) groups excluding carboxylic acids is 2. The van der Waals surface area contributed by atoms with E-state index in [4.69, 9.17) is 0 Å². The number of para-hydroxylation sites is 2. The van der Waals surface area contributed by atoms with E-state index in [0.717, 1.165) is 0 Å². The van der Waals surface area contributed by atoms with Gasteiger partial charge < -0.3 is 55.2 Å². The van der Waals surface area contributed by atoms with Crippen LogP contribution in [0.2, 0.25) is 0 Å². The van der Waals surface area contributed by atoms with E-state index in [1.807, 2.05) is 12.1 Å². The second-order valence-corrected chi connectivity index (χ2v) is 4.61. The smallest absolute Gasteiger partial charge is 0.655 e. The normalized spacial score (nSPS) is 13.9. The molecule has 0 saturated heterocycles. The van der Waals surface area contributed by atoms with Crippen LogP contribution in [0.25, 0.3) is 10.6 Å². The summed E-state index contributed by atoms with van der Waals surface area (Å²) in [5.41, 5.74) is 2.53. The van der Waals surface area contributed by atoms with Crippen LogP contribution in [0.4, 0.5) is 11.4 Å². The molecule has 0 aliphatic carbocycles. The monoisotopic (exact) mass is 446 g/mol. The number of Topliss-reactive ketones (excluding diaryl/α,β-unsaturated/α-hetero) is 2. The van der Waals surface area contributed by atoms with Gasteiger partial charge in [-0.1, -0.05) is 59.9 Å². The van der Waals surface area contributed by atoms with Gasteiger partial charge in [0.05, 0.1) is 0 Å². The number of nitrogens with zero attached hydrogens (tertiary/aromatic N) is 2. The third-order valence-electron chi connectivity index (χ3n) is 3.42. The Morgan fingerprint density at radius 2 is 0.786 bits per heavy atom. The molecule has 2 aliphatic rings. The van der Waals surface area contributed by atoms with Gasteiger partial charge in [0, 0.05) is 11.1 Å². The van der Waals surface area contributed by atoms with Gasteiger partial charge in [0.1, 0.15) is 0 Å². The van der Waals surface area contributed by atoms with Crippen molar-refractivity contribution in [1.29, 1.82) is 0 Å². The molecule has 0 N–H and O–H groups in total. The number of hydrogen-bond acceptors (Lipinski definition) is 2. The van der Waals surface area contributed by atoms with E-state index >= 15 is 0 Å². The maximum atomic E-state index is 12.3. The molecule has 0 amide bonds. The van der Waals surface area contributed by atoms with Crippen molar-refractivity contribution < 1.29 is 53.0 Å². The van der Waals surface area contributed by atoms with E-state index in [0.29, 0.717) is 22.5 Å². The van der Waals surface area contributed by atoms with E-state index in [-0.39, 0.29) is 111 Å². The fourth-order valence-corrected chi connectivity index (χ4v) is 2.44. The van der Waals surface area contributed by atoms with Gasteiger partial charge in [-0.05, 0) is 0 Å². The van der Waals surface area contributed by atoms with Crippen LogP contribution in [0.3, 0.4) is 0 Å². The van der Waals surface area contributed by atoms with Gasteiger partial charge in [-0.3, -0.25) is 9.59 Å². The number of carbonyl (C=O) groups is 2. The molecule has 4 rings (SSSR count). The molecular formula is C22H26N2O2Ti2. The van der Waals surface area contributed by atoms with Crippen LogP contribution in [-0.2, 0) is 43.4 Å². The zero-order valence-electron chi connectivity index (χ0n) is 17.3. The fraction of sp³-hybridized carbons (Fsp3) is 0. The standard InChI is InChI=1S/C16H10N2O2.6CH3.2Ti/c19-15-9-5-1-3-7-11(9)17-13(15)14-16(20)10-6-2-4-8-12(10)18-14;;;;;;;;/h1-8H,(H2,17,18,19,20);6*1H3;;/q;6*-1;2*+4/p-2. The maximum absolute atomic E-state index is 12.3. The zero-order valence-corrected chi connectivity index (χ0v) is 20.5. The molecule has 0 atom stereocenters. The third-order valence-corrected chi connectivity index (χ3v) is 3.42. The molecular weight excluding hydrogens is 420 g/mol. The van der Waals surface area contributed by atoms with E-state index < -0.39 is 0 Å². The van der Waals surface area contributed by atoms with Crippen LogP contribution >= 0.6 is 0 Å². The van der Waals surface area contributed by atoms with Crippen molar-refractivity contribution in [2.75, 3.05) is 0 Å². The quantitative estimate of drug-likeness (QED) is 0.257. The molecule has 2 heterocycles. The minimum atomic E-state index is -0.236. The largest absolute Gasteiger partial charge is 4.00 e. The summed E-state index contributed by atoms with van der Waals surface area (Å²) in [4.78, 5) is 24.6. The zero-order chi connectivity index (χ0) is 13.7. The van der Waals surface area contributed by atoms with Crippen molar-refractivity contribution in [2.45, 2.75) is 0 Å². The van der Waals surface area contributed by atoms with Crippen LogP contribution in [0.1, 0.15) is 20.7 Å². The van der Waals surface area contributed by atoms with E-state index in [1.54, 1.807) is 36.4 Å². The average Bonchev–Trinajstić information content (AvgIpc) is 2.98. The van der Waals surface area contributed by atoms with Crippen LogP contribution in [0.15, 0.2) is 59.9 Å². The van der Waals surface area contributed by atoms with Crippen molar-refractivity contribution >= 4 is 22.9 Å². The molecule has 4 nitrogen and oxygen atoms in total. The number of hydrogen-bond donors (Lipinski definition) is 0. The molecule has 2 aliphatic heterocycles. The van der Waals surface area contributed by atoms with Gasteiger partial charge in [-0.2, -0.15) is 0 Å². The molecule has 0 unspecified atom stereocenters. The topological polar surface area (TPSA) is 62.3 Å². The summed E-state index contributed by atoms with van der Waals surface area (Å²) in [6.07, 6.45) is 0. The van der Waals surface area contributed by atoms with E-state index in [2.05, 4.69) is 10.6 Å². The Labute approximate surface area is 201 Å². The van der Waals surface area contributed by atoms with Gasteiger partial charge >= 0.3 is 43.4 Å². The second kappa shape index (κ2) is 14.5. The number of allylic oxidation sites excluding steroid dienone is 2. The fourth-order valence-electron chi connectivity index (χ4n) is 2.44. The molecule has 0 spiro atoms. The van der Waals surface area contributed by atoms with E-state index in [9.17, 15) is 9.59 Å². The molecule has 2 aromatic rings. The molecule has 0 radical (unpaired) electrons. The summed E-state index contributed by atoms with van der Waals surface area (Å²) >= 11 is 0. The Hall–Kier alpha value is -1.45. The first-order chi connectivity index (χ1) is 9.75. The minimum Gasteiger partial charge on any atom is -0.655 e. The number of rotatable bonds is 0. The van der Waals surface area contributed by atoms with Crippen LogP contribution in [-0.4, -0.2) is 11.6 Å². The number of ketones is 2. The molecule has 0 fully saturated rings. The van der Waals surface area contributed by atoms with Crippen molar-refractivity contribution in [3.63, 3.8) is 0 Å². The number of fused-ring (bicyclic) bond motifs is 2. The molecule has 0 aromatic heterocycles. The summed E-state index contributed by atoms with van der Waals surface area (Å²) in [6.45, 7) is 0. The summed E-state index contributed by atoms with van der Waals surface area (Å²) in [5, 5.41) is 8.53. The first-order valence-electron chi connectivity index (χ1n) is 6.21. The predicted molar refractivity (Wildman–Crippen MR) is 113 cm³/mol. The predicted octanol–water partition coefficient (Wildman–Crippen LogP) is 6.70. The Morgan fingerprint density at radius 3 is 1.07 bits per heavy atom. The molecule has 144 valence electrons. The Kier molecular flexibility index (Phi) is 19.4. The van der Waals surface area contributed by atoms with Crippen molar-refractivity contribution in [1.82, 2.24) is 0 Å². The van der Waals surface area contributed by atoms with Crippen molar-refractivity contribution in [3.8, 4) is 0 Å². The van der Waals surface area contributed by atoms with Gasteiger partial charge in [0.15, 0.2) is 11.6 Å². The Bertz CT molecular complexity index is 750. The first-order valence-corrected chi connectivity index (χ1v) is 6.21. The summed E-state index contributed by atoms with van der Waals surface area (Å²) in [6, 6.07) is 14.1. The van der Waals surface area contributed by atoms with E-state index in [1.165, 1.54) is 0 Å². The molecule has 2 aromatic carbocycles. The Morgan fingerprint density at radius 1 is 0.500 bits per heavy atom. The Balaban J connectivity index is -0.000000220. The van der Waals surface area contributed by atoms with Crippen molar-refractivity contribution in [2.24, 2.45) is 0 Å². The van der Waals surface area contributed by atoms with Gasteiger partial charge in [0.25, 0.3) is 0 Å². The summed E-state index contributed by atoms with van der Waals surface area (Å²) < 4.78 is 0. The average molecular weight is 446 g/mol. The summed E-state index contributed by atoms with van der Waals surface area (Å²) in [5.74, 6) is -0.471. The first kappa shape index (κ1) is 37.3. The van der Waals surface area contributed by atoms with Gasteiger partial charge in [-0.15, -0.1) is 11.4 Å². The van der Waals surface area contributed by atoms with Crippen LogP contribution < -0.4 is 0 Å². The second-order valence-electron chi connectivity index (χ2n) is 4.61. The maximum Gasteiger partial charge on any atom is 4.00 e. The third kappa shape index (κ3) is 5.78. The SMILES string of the molecule is O=C1/C(=C2\[N-]c3ccccc3C2=O)[N-]c2ccccc21.[CH3-].[CH3-].[CH3-].[CH3-].[CH3-].[CH3-].[Ti+4].[Ti+4]. The van der Waals surface area contributed by atoms with Crippen LogP contribution in [0, 0.1) is 44.6 Å². The molecule has 0 saturated carbocycles. The minimum absolute atomic E-state index is 0. The molecule has 28 heavy (non-hydrogen) atoms. The van der Waals surface area contributed by atoms with Crippen LogP contribution in [0.5, 0.6) is 0 Å². The summed E-state index contributed by atoms with van der Waals surface area (Å²) in [7, 11) is 0. The number of benzene rings is 2.